The molecule has 2 heterocycles. The number of rotatable bonds is 0. The van der Waals surface area contributed by atoms with E-state index >= 15 is 0 Å². The predicted molar refractivity (Wildman–Crippen MR) is 48.8 cm³/mol. The van der Waals surface area contributed by atoms with Crippen LogP contribution in [0.25, 0.3) is 4.96 Å². The Balaban J connectivity index is 3.08. The zero-order valence-corrected chi connectivity index (χ0v) is 7.63. The van der Waals surface area contributed by atoms with Crippen molar-refractivity contribution in [1.29, 1.82) is 5.26 Å². The number of thiazole rings is 1. The standard InChI is InChI=1S/C8H5N3OS/c1-5-6(4-9)11-7(12)2-3-10-8(11)13-5/h2-3H,1H3. The average molecular weight is 191 g/mol. The van der Waals surface area contributed by atoms with Crippen LogP contribution in [0.5, 0.6) is 0 Å². The van der Waals surface area contributed by atoms with Gasteiger partial charge in [0, 0.05) is 17.1 Å². The molecule has 13 heavy (non-hydrogen) atoms. The molecule has 64 valence electrons. The highest BCUT2D eigenvalue weighted by Gasteiger charge is 2.09. The van der Waals surface area contributed by atoms with Crippen molar-refractivity contribution in [3.63, 3.8) is 0 Å². The molecule has 0 aliphatic carbocycles. The fourth-order valence-electron chi connectivity index (χ4n) is 1.14. The van der Waals surface area contributed by atoms with Crippen LogP contribution in [-0.2, 0) is 0 Å². The third-order valence-electron chi connectivity index (χ3n) is 1.72. The highest BCUT2D eigenvalue weighted by molar-refractivity contribution is 7.17. The van der Waals surface area contributed by atoms with Crippen LogP contribution in [0.2, 0.25) is 0 Å². The van der Waals surface area contributed by atoms with E-state index in [9.17, 15) is 4.79 Å². The number of aryl methyl sites for hydroxylation is 1. The molecular weight excluding hydrogens is 186 g/mol. The van der Waals surface area contributed by atoms with Gasteiger partial charge in [-0.15, -0.1) is 11.3 Å². The van der Waals surface area contributed by atoms with Gasteiger partial charge in [0.05, 0.1) is 0 Å². The Hall–Kier alpha value is -1.67. The molecule has 0 bridgehead atoms. The summed E-state index contributed by atoms with van der Waals surface area (Å²) >= 11 is 1.35. The fraction of sp³-hybridized carbons (Fsp3) is 0.125. The Morgan fingerprint density at radius 1 is 1.69 bits per heavy atom. The van der Waals surface area contributed by atoms with Gasteiger partial charge in [0.1, 0.15) is 11.8 Å². The van der Waals surface area contributed by atoms with Crippen LogP contribution in [0.3, 0.4) is 0 Å². The molecule has 0 saturated carbocycles. The van der Waals surface area contributed by atoms with E-state index in [1.807, 2.05) is 6.07 Å². The monoisotopic (exact) mass is 191 g/mol. The zero-order chi connectivity index (χ0) is 9.42. The number of hydrogen-bond donors (Lipinski definition) is 0. The number of fused-ring (bicyclic) bond motifs is 1. The summed E-state index contributed by atoms with van der Waals surface area (Å²) in [5, 5.41) is 8.80. The molecule has 5 heteroatoms. The topological polar surface area (TPSA) is 58.2 Å². The molecule has 0 radical (unpaired) electrons. The van der Waals surface area contributed by atoms with Crippen molar-refractivity contribution < 1.29 is 0 Å². The number of nitriles is 1. The molecule has 0 N–H and O–H groups in total. The summed E-state index contributed by atoms with van der Waals surface area (Å²) in [4.78, 5) is 16.7. The molecule has 0 saturated heterocycles. The molecular formula is C8H5N3OS. The Labute approximate surface area is 77.7 Å². The molecule has 0 fully saturated rings. The van der Waals surface area contributed by atoms with E-state index < -0.39 is 0 Å². The Morgan fingerprint density at radius 2 is 2.46 bits per heavy atom. The maximum Gasteiger partial charge on any atom is 0.259 e. The van der Waals surface area contributed by atoms with Gasteiger partial charge < -0.3 is 0 Å². The van der Waals surface area contributed by atoms with E-state index in [-0.39, 0.29) is 5.56 Å². The molecule has 0 amide bonds. The van der Waals surface area contributed by atoms with Crippen LogP contribution in [-0.4, -0.2) is 9.38 Å². The summed E-state index contributed by atoms with van der Waals surface area (Å²) in [6.07, 6.45) is 1.45. The minimum absolute atomic E-state index is 0.203. The van der Waals surface area contributed by atoms with Crippen molar-refractivity contribution in [1.82, 2.24) is 9.38 Å². The van der Waals surface area contributed by atoms with Crippen LogP contribution in [0.1, 0.15) is 10.6 Å². The first-order valence-electron chi connectivity index (χ1n) is 3.61. The quantitative estimate of drug-likeness (QED) is 0.622. The van der Waals surface area contributed by atoms with Gasteiger partial charge in [0.25, 0.3) is 5.56 Å². The maximum atomic E-state index is 11.4. The smallest absolute Gasteiger partial charge is 0.259 e. The lowest BCUT2D eigenvalue weighted by atomic mass is 10.4. The van der Waals surface area contributed by atoms with Crippen LogP contribution in [0.4, 0.5) is 0 Å². The molecule has 2 rings (SSSR count). The van der Waals surface area contributed by atoms with Crippen molar-refractivity contribution in [3.8, 4) is 6.07 Å². The first-order valence-corrected chi connectivity index (χ1v) is 4.43. The second-order valence-corrected chi connectivity index (χ2v) is 3.70. The minimum Gasteiger partial charge on any atom is -0.269 e. The lowest BCUT2D eigenvalue weighted by Crippen LogP contribution is -2.12. The first-order chi connectivity index (χ1) is 6.24. The summed E-state index contributed by atoms with van der Waals surface area (Å²) < 4.78 is 1.33. The van der Waals surface area contributed by atoms with Crippen LogP contribution < -0.4 is 5.56 Å². The average Bonchev–Trinajstić information content (AvgIpc) is 2.42. The van der Waals surface area contributed by atoms with Gasteiger partial charge in [0.15, 0.2) is 4.96 Å². The highest BCUT2D eigenvalue weighted by atomic mass is 32.1. The highest BCUT2D eigenvalue weighted by Crippen LogP contribution is 2.17. The number of hydrogen-bond acceptors (Lipinski definition) is 4. The third-order valence-corrected chi connectivity index (χ3v) is 2.69. The lowest BCUT2D eigenvalue weighted by molar-refractivity contribution is 1.05. The van der Waals surface area contributed by atoms with Crippen molar-refractivity contribution in [2.75, 3.05) is 0 Å². The van der Waals surface area contributed by atoms with Crippen LogP contribution in [0.15, 0.2) is 17.1 Å². The third kappa shape index (κ3) is 1.03. The van der Waals surface area contributed by atoms with Gasteiger partial charge in [-0.05, 0) is 6.92 Å². The Bertz CT molecular complexity index is 561. The lowest BCUT2D eigenvalue weighted by Gasteiger charge is -1.89. The van der Waals surface area contributed by atoms with E-state index in [2.05, 4.69) is 4.98 Å². The molecule has 0 spiro atoms. The SMILES string of the molecule is Cc1sc2nccc(=O)n2c1C#N. The fourth-order valence-corrected chi connectivity index (χ4v) is 2.03. The summed E-state index contributed by atoms with van der Waals surface area (Å²) in [5.41, 5.74) is 0.184. The van der Waals surface area contributed by atoms with Gasteiger partial charge in [-0.2, -0.15) is 5.26 Å². The maximum absolute atomic E-state index is 11.4. The first kappa shape index (κ1) is 7.95. The zero-order valence-electron chi connectivity index (χ0n) is 6.81. The van der Waals surface area contributed by atoms with Crippen LogP contribution >= 0.6 is 11.3 Å². The van der Waals surface area contributed by atoms with Gasteiger partial charge in [-0.1, -0.05) is 0 Å². The molecule has 0 aliphatic heterocycles. The van der Waals surface area contributed by atoms with Gasteiger partial charge in [-0.25, -0.2) is 9.38 Å². The summed E-state index contributed by atoms with van der Waals surface area (Å²) in [5.74, 6) is 0. The van der Waals surface area contributed by atoms with Gasteiger partial charge in [0.2, 0.25) is 0 Å². The van der Waals surface area contributed by atoms with Gasteiger partial charge in [-0.3, -0.25) is 4.79 Å². The van der Waals surface area contributed by atoms with Crippen LogP contribution in [0, 0.1) is 18.3 Å². The molecule has 2 aromatic heterocycles. The largest absolute Gasteiger partial charge is 0.269 e. The van der Waals surface area contributed by atoms with E-state index in [4.69, 9.17) is 5.26 Å². The summed E-state index contributed by atoms with van der Waals surface area (Å²) in [7, 11) is 0. The normalized spacial score (nSPS) is 10.2. The summed E-state index contributed by atoms with van der Waals surface area (Å²) in [6, 6.07) is 3.34. The van der Waals surface area contributed by atoms with E-state index in [1.54, 1.807) is 6.92 Å². The molecule has 0 aliphatic rings. The van der Waals surface area contributed by atoms with Crippen molar-refractivity contribution >= 4 is 16.3 Å². The van der Waals surface area contributed by atoms with Crippen molar-refractivity contribution in [2.24, 2.45) is 0 Å². The minimum atomic E-state index is -0.203. The molecule has 0 unspecified atom stereocenters. The van der Waals surface area contributed by atoms with Crippen molar-refractivity contribution in [2.45, 2.75) is 6.92 Å². The molecule has 2 aromatic rings. The molecule has 0 aromatic carbocycles. The van der Waals surface area contributed by atoms with E-state index in [1.165, 1.54) is 28.0 Å². The predicted octanol–water partition coefficient (Wildman–Crippen LogP) is 0.936. The number of nitrogens with zero attached hydrogens (tertiary/aromatic N) is 3. The number of aromatic nitrogens is 2. The second-order valence-electron chi connectivity index (χ2n) is 2.52. The summed E-state index contributed by atoms with van der Waals surface area (Å²) in [6.45, 7) is 1.80. The van der Waals surface area contributed by atoms with E-state index in [0.29, 0.717) is 10.7 Å². The molecule has 0 atom stereocenters. The molecule has 4 nitrogen and oxygen atoms in total. The Morgan fingerprint density at radius 3 is 3.15 bits per heavy atom. The van der Waals surface area contributed by atoms with Gasteiger partial charge >= 0.3 is 0 Å². The second kappa shape index (κ2) is 2.68. The van der Waals surface area contributed by atoms with E-state index in [0.717, 1.165) is 4.88 Å². The van der Waals surface area contributed by atoms with Crippen molar-refractivity contribution in [3.05, 3.63) is 33.2 Å². The Kier molecular flexibility index (Phi) is 1.64.